The van der Waals surface area contributed by atoms with Crippen molar-refractivity contribution in [2.75, 3.05) is 0 Å². The molecule has 0 aliphatic rings. The van der Waals surface area contributed by atoms with Crippen LogP contribution in [0.2, 0.25) is 0 Å². The van der Waals surface area contributed by atoms with Gasteiger partial charge >= 0.3 is 0 Å². The zero-order valence-corrected chi connectivity index (χ0v) is 9.99. The number of aromatic nitrogens is 3. The Morgan fingerprint density at radius 3 is 2.83 bits per heavy atom. The first-order valence-corrected chi connectivity index (χ1v) is 5.75. The fraction of sp³-hybridized carbons (Fsp3) is 0.143. The van der Waals surface area contributed by atoms with Crippen LogP contribution in [0.25, 0.3) is 10.9 Å². The number of aliphatic hydroxyl groups excluding tert-OH is 1. The van der Waals surface area contributed by atoms with Gasteiger partial charge in [-0.3, -0.25) is 4.98 Å². The Bertz CT molecular complexity index is 690. The quantitative estimate of drug-likeness (QED) is 0.744. The zero-order chi connectivity index (χ0) is 12.5. The van der Waals surface area contributed by atoms with Gasteiger partial charge in [-0.1, -0.05) is 18.2 Å². The van der Waals surface area contributed by atoms with Crippen LogP contribution >= 0.6 is 0 Å². The number of hydrogen-bond donors (Lipinski definition) is 1. The fourth-order valence-corrected chi connectivity index (χ4v) is 2.04. The second-order valence-electron chi connectivity index (χ2n) is 4.25. The Morgan fingerprint density at radius 2 is 2.06 bits per heavy atom. The van der Waals surface area contributed by atoms with E-state index >= 15 is 0 Å². The third-order valence-corrected chi connectivity index (χ3v) is 3.05. The average Bonchev–Trinajstić information content (AvgIpc) is 2.83. The molecule has 1 aromatic carbocycles. The number of pyridine rings is 1. The molecule has 2 aromatic heterocycles. The van der Waals surface area contributed by atoms with E-state index < -0.39 is 6.10 Å². The first-order chi connectivity index (χ1) is 8.75. The highest BCUT2D eigenvalue weighted by atomic mass is 16.3. The van der Waals surface area contributed by atoms with Gasteiger partial charge < -0.3 is 9.67 Å². The number of aryl methyl sites for hydroxylation is 1. The fourth-order valence-electron chi connectivity index (χ4n) is 2.04. The van der Waals surface area contributed by atoms with Gasteiger partial charge in [0, 0.05) is 31.0 Å². The Hall–Kier alpha value is -2.20. The van der Waals surface area contributed by atoms with Crippen LogP contribution in [0, 0.1) is 0 Å². The van der Waals surface area contributed by atoms with E-state index in [1.54, 1.807) is 12.4 Å². The highest BCUT2D eigenvalue weighted by Crippen LogP contribution is 2.23. The lowest BCUT2D eigenvalue weighted by molar-refractivity contribution is 0.206. The van der Waals surface area contributed by atoms with Gasteiger partial charge in [-0.25, -0.2) is 4.98 Å². The molecule has 90 valence electrons. The van der Waals surface area contributed by atoms with Gasteiger partial charge in [-0.2, -0.15) is 0 Å². The Kier molecular flexibility index (Phi) is 2.57. The summed E-state index contributed by atoms with van der Waals surface area (Å²) in [7, 11) is 1.87. The summed E-state index contributed by atoms with van der Waals surface area (Å²) in [5.74, 6) is 0.630. The van der Waals surface area contributed by atoms with Gasteiger partial charge in [0.15, 0.2) is 0 Å². The monoisotopic (exact) mass is 239 g/mol. The highest BCUT2D eigenvalue weighted by Gasteiger charge is 2.15. The molecule has 0 aliphatic carbocycles. The molecule has 18 heavy (non-hydrogen) atoms. The van der Waals surface area contributed by atoms with Crippen LogP contribution in [0.4, 0.5) is 0 Å². The lowest BCUT2D eigenvalue weighted by Crippen LogP contribution is -2.06. The minimum atomic E-state index is -0.726. The average molecular weight is 239 g/mol. The Balaban J connectivity index is 2.07. The van der Waals surface area contributed by atoms with E-state index in [-0.39, 0.29) is 0 Å². The van der Waals surface area contributed by atoms with Gasteiger partial charge in [0.2, 0.25) is 0 Å². The number of nitrogens with zero attached hydrogens (tertiary/aromatic N) is 3. The largest absolute Gasteiger partial charge is 0.380 e. The molecular weight excluding hydrogens is 226 g/mol. The Morgan fingerprint density at radius 1 is 1.17 bits per heavy atom. The van der Waals surface area contributed by atoms with Crippen LogP contribution < -0.4 is 0 Å². The standard InChI is InChI=1S/C14H13N3O/c1-17-8-7-16-14(17)13(18)11-5-4-10-3-2-6-15-12(10)9-11/h2-9,13,18H,1H3. The number of fused-ring (bicyclic) bond motifs is 1. The molecular formula is C14H13N3O. The summed E-state index contributed by atoms with van der Waals surface area (Å²) < 4.78 is 1.81. The van der Waals surface area contributed by atoms with E-state index in [0.29, 0.717) is 5.82 Å². The molecule has 0 bridgehead atoms. The molecule has 0 fully saturated rings. The topological polar surface area (TPSA) is 50.9 Å². The molecule has 1 atom stereocenters. The van der Waals surface area contributed by atoms with Crippen molar-refractivity contribution in [2.45, 2.75) is 6.10 Å². The van der Waals surface area contributed by atoms with Gasteiger partial charge in [0.25, 0.3) is 0 Å². The summed E-state index contributed by atoms with van der Waals surface area (Å²) in [6.45, 7) is 0. The van der Waals surface area contributed by atoms with E-state index in [9.17, 15) is 5.11 Å². The molecule has 0 saturated heterocycles. The van der Waals surface area contributed by atoms with E-state index in [0.717, 1.165) is 16.5 Å². The molecule has 0 amide bonds. The summed E-state index contributed by atoms with van der Waals surface area (Å²) in [6.07, 6.45) is 4.52. The van der Waals surface area contributed by atoms with Crippen LogP contribution in [0.3, 0.4) is 0 Å². The second-order valence-corrected chi connectivity index (χ2v) is 4.25. The van der Waals surface area contributed by atoms with Crippen LogP contribution in [-0.4, -0.2) is 19.6 Å². The number of imidazole rings is 1. The maximum atomic E-state index is 10.3. The normalized spacial score (nSPS) is 12.8. The molecule has 0 radical (unpaired) electrons. The van der Waals surface area contributed by atoms with Crippen molar-refractivity contribution in [3.63, 3.8) is 0 Å². The summed E-state index contributed by atoms with van der Waals surface area (Å²) in [5.41, 5.74) is 1.68. The summed E-state index contributed by atoms with van der Waals surface area (Å²) >= 11 is 0. The van der Waals surface area contributed by atoms with Crippen molar-refractivity contribution < 1.29 is 5.11 Å². The summed E-state index contributed by atoms with van der Waals surface area (Å²) in [5, 5.41) is 11.4. The zero-order valence-electron chi connectivity index (χ0n) is 9.99. The maximum Gasteiger partial charge on any atom is 0.142 e. The van der Waals surface area contributed by atoms with Crippen molar-refractivity contribution in [1.29, 1.82) is 0 Å². The molecule has 2 heterocycles. The second kappa shape index (κ2) is 4.23. The SMILES string of the molecule is Cn1ccnc1C(O)c1ccc2cccnc2c1. The van der Waals surface area contributed by atoms with Crippen molar-refractivity contribution in [1.82, 2.24) is 14.5 Å². The van der Waals surface area contributed by atoms with Crippen LogP contribution in [0.15, 0.2) is 48.9 Å². The molecule has 4 nitrogen and oxygen atoms in total. The summed E-state index contributed by atoms with van der Waals surface area (Å²) in [4.78, 5) is 8.45. The number of benzene rings is 1. The molecule has 3 rings (SSSR count). The highest BCUT2D eigenvalue weighted by molar-refractivity contribution is 5.79. The van der Waals surface area contributed by atoms with Gasteiger partial charge in [-0.05, 0) is 17.7 Å². The molecule has 0 saturated carbocycles. The van der Waals surface area contributed by atoms with Crippen molar-refractivity contribution in [3.05, 3.63) is 60.3 Å². The maximum absolute atomic E-state index is 10.3. The smallest absolute Gasteiger partial charge is 0.142 e. The van der Waals surface area contributed by atoms with Crippen LogP contribution in [0.5, 0.6) is 0 Å². The van der Waals surface area contributed by atoms with Gasteiger partial charge in [0.05, 0.1) is 5.52 Å². The minimum Gasteiger partial charge on any atom is -0.380 e. The first-order valence-electron chi connectivity index (χ1n) is 5.75. The van der Waals surface area contributed by atoms with E-state index in [4.69, 9.17) is 0 Å². The van der Waals surface area contributed by atoms with Crippen molar-refractivity contribution in [3.8, 4) is 0 Å². The first kappa shape index (κ1) is 10.9. The van der Waals surface area contributed by atoms with E-state index in [1.165, 1.54) is 0 Å². The van der Waals surface area contributed by atoms with Crippen LogP contribution in [0.1, 0.15) is 17.5 Å². The van der Waals surface area contributed by atoms with E-state index in [1.807, 2.05) is 48.1 Å². The van der Waals surface area contributed by atoms with Crippen molar-refractivity contribution in [2.24, 2.45) is 7.05 Å². The molecule has 3 aromatic rings. The van der Waals surface area contributed by atoms with Gasteiger partial charge in [-0.15, -0.1) is 0 Å². The number of aliphatic hydroxyl groups is 1. The number of rotatable bonds is 2. The molecule has 4 heteroatoms. The van der Waals surface area contributed by atoms with Crippen LogP contribution in [-0.2, 0) is 7.05 Å². The van der Waals surface area contributed by atoms with Crippen molar-refractivity contribution >= 4 is 10.9 Å². The molecule has 1 N–H and O–H groups in total. The third kappa shape index (κ3) is 1.76. The molecule has 0 spiro atoms. The predicted octanol–water partition coefficient (Wildman–Crippen LogP) is 2.05. The minimum absolute atomic E-state index is 0.630. The molecule has 1 unspecified atom stereocenters. The Labute approximate surface area is 105 Å². The van der Waals surface area contributed by atoms with E-state index in [2.05, 4.69) is 9.97 Å². The predicted molar refractivity (Wildman–Crippen MR) is 69.0 cm³/mol. The number of hydrogen-bond acceptors (Lipinski definition) is 3. The lowest BCUT2D eigenvalue weighted by Gasteiger charge is -2.11. The molecule has 0 aliphatic heterocycles. The third-order valence-electron chi connectivity index (χ3n) is 3.05. The summed E-state index contributed by atoms with van der Waals surface area (Å²) in [6, 6.07) is 9.66. The lowest BCUT2D eigenvalue weighted by atomic mass is 10.1. The van der Waals surface area contributed by atoms with Gasteiger partial charge in [0.1, 0.15) is 11.9 Å².